The van der Waals surface area contributed by atoms with E-state index in [1.807, 2.05) is 26.0 Å². The molecule has 3 amide bonds. The SMILES string of the molecule is COC(=O)N[C@H](C(=O)N1C[C@H](C(C)C)C[C@H]1C(N)=O)C(C)(C)C/C=C/[C@@H]1C[C@@H](CCC#N)C(O)N1. The lowest BCUT2D eigenvalue weighted by atomic mass is 9.80. The monoisotopic (exact) mass is 491 g/mol. The van der Waals surface area contributed by atoms with Gasteiger partial charge in [-0.25, -0.2) is 4.79 Å². The highest BCUT2D eigenvalue weighted by Crippen LogP contribution is 2.34. The molecule has 2 aliphatic heterocycles. The van der Waals surface area contributed by atoms with Crippen LogP contribution < -0.4 is 16.4 Å². The molecule has 0 aromatic heterocycles. The first-order valence-electron chi connectivity index (χ1n) is 12.3. The lowest BCUT2D eigenvalue weighted by molar-refractivity contribution is -0.141. The van der Waals surface area contributed by atoms with Crippen molar-refractivity contribution in [3.63, 3.8) is 0 Å². The summed E-state index contributed by atoms with van der Waals surface area (Å²) in [6.45, 7) is 8.25. The van der Waals surface area contributed by atoms with Crippen molar-refractivity contribution in [2.24, 2.45) is 28.9 Å². The molecule has 1 unspecified atom stereocenters. The third-order valence-corrected chi connectivity index (χ3v) is 7.39. The number of allylic oxidation sites excluding steroid dienone is 1. The van der Waals surface area contributed by atoms with Gasteiger partial charge in [0.15, 0.2) is 0 Å². The number of amides is 3. The Morgan fingerprint density at radius 2 is 2.03 bits per heavy atom. The van der Waals surface area contributed by atoms with E-state index in [-0.39, 0.29) is 29.7 Å². The predicted octanol–water partition coefficient (Wildman–Crippen LogP) is 1.64. The zero-order valence-corrected chi connectivity index (χ0v) is 21.5. The molecular formula is C25H41N5O5. The average molecular weight is 492 g/mol. The molecule has 0 bridgehead atoms. The summed E-state index contributed by atoms with van der Waals surface area (Å²) in [7, 11) is 1.24. The van der Waals surface area contributed by atoms with Gasteiger partial charge in [0.2, 0.25) is 11.8 Å². The van der Waals surface area contributed by atoms with Crippen LogP contribution in [0.5, 0.6) is 0 Å². The molecule has 0 spiro atoms. The number of nitrogens with one attached hydrogen (secondary N) is 2. The summed E-state index contributed by atoms with van der Waals surface area (Å²) in [5.41, 5.74) is 4.92. The minimum Gasteiger partial charge on any atom is -0.453 e. The fourth-order valence-electron chi connectivity index (χ4n) is 4.99. The van der Waals surface area contributed by atoms with Gasteiger partial charge >= 0.3 is 6.09 Å². The lowest BCUT2D eigenvalue weighted by Crippen LogP contribution is -2.58. The van der Waals surface area contributed by atoms with Gasteiger partial charge in [-0.05, 0) is 42.9 Å². The summed E-state index contributed by atoms with van der Waals surface area (Å²) < 4.78 is 4.77. The second-order valence-corrected chi connectivity index (χ2v) is 10.7. The second kappa shape index (κ2) is 12.4. The molecular weight excluding hydrogens is 450 g/mol. The number of primary amides is 1. The van der Waals surface area contributed by atoms with Gasteiger partial charge in [0.1, 0.15) is 18.3 Å². The Balaban J connectivity index is 2.16. The number of nitriles is 1. The summed E-state index contributed by atoms with van der Waals surface area (Å²) in [5.74, 6) is -0.460. The number of nitrogens with zero attached hydrogens (tertiary/aromatic N) is 2. The number of hydrogen-bond donors (Lipinski definition) is 4. The van der Waals surface area contributed by atoms with Gasteiger partial charge in [0, 0.05) is 24.9 Å². The Labute approximate surface area is 208 Å². The second-order valence-electron chi connectivity index (χ2n) is 10.7. The molecule has 0 saturated carbocycles. The van der Waals surface area contributed by atoms with Crippen molar-refractivity contribution in [1.82, 2.24) is 15.5 Å². The summed E-state index contributed by atoms with van der Waals surface area (Å²) >= 11 is 0. The maximum absolute atomic E-state index is 13.7. The largest absolute Gasteiger partial charge is 0.453 e. The van der Waals surface area contributed by atoms with Crippen LogP contribution in [0.15, 0.2) is 12.2 Å². The van der Waals surface area contributed by atoms with E-state index >= 15 is 0 Å². The average Bonchev–Trinajstić information content (AvgIpc) is 3.39. The predicted molar refractivity (Wildman–Crippen MR) is 130 cm³/mol. The summed E-state index contributed by atoms with van der Waals surface area (Å²) in [6.07, 6.45) is 5.21. The molecule has 0 aromatic carbocycles. The van der Waals surface area contributed by atoms with Crippen molar-refractivity contribution < 1.29 is 24.2 Å². The van der Waals surface area contributed by atoms with Crippen LogP contribution in [-0.4, -0.2) is 65.9 Å². The van der Waals surface area contributed by atoms with E-state index in [1.54, 1.807) is 0 Å². The van der Waals surface area contributed by atoms with Crippen LogP contribution in [0.3, 0.4) is 0 Å². The van der Waals surface area contributed by atoms with Crippen molar-refractivity contribution in [2.75, 3.05) is 13.7 Å². The third-order valence-electron chi connectivity index (χ3n) is 7.39. The number of rotatable bonds is 10. The quantitative estimate of drug-likeness (QED) is 0.338. The number of methoxy groups -OCH3 is 1. The minimum atomic E-state index is -0.933. The summed E-state index contributed by atoms with van der Waals surface area (Å²) in [6, 6.07) is 0.424. The van der Waals surface area contributed by atoms with Gasteiger partial charge in [-0.1, -0.05) is 39.8 Å². The van der Waals surface area contributed by atoms with Gasteiger partial charge in [-0.15, -0.1) is 0 Å². The number of ether oxygens (including phenoxy) is 1. The summed E-state index contributed by atoms with van der Waals surface area (Å²) in [4.78, 5) is 39.5. The Hall–Kier alpha value is -2.64. The molecule has 2 saturated heterocycles. The Morgan fingerprint density at radius 3 is 2.60 bits per heavy atom. The molecule has 0 aromatic rings. The lowest BCUT2D eigenvalue weighted by Gasteiger charge is -2.36. The number of alkyl carbamates (subject to hydrolysis) is 1. The van der Waals surface area contributed by atoms with E-state index in [0.717, 1.165) is 0 Å². The van der Waals surface area contributed by atoms with Crippen molar-refractivity contribution in [3.8, 4) is 6.07 Å². The van der Waals surface area contributed by atoms with Crippen LogP contribution in [0.4, 0.5) is 4.79 Å². The minimum absolute atomic E-state index is 0.0161. The highest BCUT2D eigenvalue weighted by molar-refractivity contribution is 5.91. The molecule has 0 aliphatic carbocycles. The molecule has 10 nitrogen and oxygen atoms in total. The molecule has 0 radical (unpaired) electrons. The molecule has 2 aliphatic rings. The number of carbonyl (C=O) groups is 3. The van der Waals surface area contributed by atoms with Crippen molar-refractivity contribution >= 4 is 17.9 Å². The number of nitrogens with two attached hydrogens (primary N) is 1. The molecule has 2 rings (SSSR count). The zero-order valence-electron chi connectivity index (χ0n) is 21.5. The van der Waals surface area contributed by atoms with Crippen LogP contribution >= 0.6 is 0 Å². The first kappa shape index (κ1) is 28.6. The Bertz CT molecular complexity index is 837. The molecule has 10 heteroatoms. The van der Waals surface area contributed by atoms with Crippen molar-refractivity contribution in [1.29, 1.82) is 5.26 Å². The van der Waals surface area contributed by atoms with Gasteiger partial charge in [-0.2, -0.15) is 5.26 Å². The fraction of sp³-hybridized carbons (Fsp3) is 0.760. The van der Waals surface area contributed by atoms with Crippen LogP contribution in [0.25, 0.3) is 0 Å². The van der Waals surface area contributed by atoms with E-state index in [1.165, 1.54) is 12.0 Å². The maximum atomic E-state index is 13.7. The van der Waals surface area contributed by atoms with E-state index in [0.29, 0.717) is 38.6 Å². The zero-order chi connectivity index (χ0) is 26.3. The van der Waals surface area contributed by atoms with E-state index in [2.05, 4.69) is 30.6 Å². The molecule has 2 fully saturated rings. The molecule has 2 heterocycles. The molecule has 5 N–H and O–H groups in total. The first-order chi connectivity index (χ1) is 16.4. The third kappa shape index (κ3) is 7.42. The molecule has 196 valence electrons. The molecule has 6 atom stereocenters. The standard InChI is InChI=1S/C25H41N5O5/c1-15(2)17-13-19(21(27)31)30(14-17)23(33)20(29-24(34)35-5)25(3,4)10-6-9-18-12-16(8-7-11-26)22(32)28-18/h6,9,15-20,22,28,32H,7-8,10,12-14H2,1-5H3,(H2,27,31)(H,29,34)/b9-6+/t16-,17-,18-,19+,20-,22?/m1/s1. The maximum Gasteiger partial charge on any atom is 0.407 e. The number of aliphatic hydroxyl groups excluding tert-OH is 1. The Morgan fingerprint density at radius 1 is 1.34 bits per heavy atom. The van der Waals surface area contributed by atoms with Gasteiger partial charge < -0.3 is 25.8 Å². The van der Waals surface area contributed by atoms with E-state index in [4.69, 9.17) is 15.7 Å². The van der Waals surface area contributed by atoms with Gasteiger partial charge in [0.05, 0.1) is 13.2 Å². The smallest absolute Gasteiger partial charge is 0.407 e. The summed E-state index contributed by atoms with van der Waals surface area (Å²) in [5, 5.41) is 24.8. The highest BCUT2D eigenvalue weighted by Gasteiger charge is 2.46. The highest BCUT2D eigenvalue weighted by atomic mass is 16.5. The van der Waals surface area contributed by atoms with Gasteiger partial charge in [0.25, 0.3) is 0 Å². The topological polar surface area (TPSA) is 158 Å². The number of carbonyl (C=O) groups excluding carboxylic acids is 3. The normalized spacial score (nSPS) is 27.7. The first-order valence-corrected chi connectivity index (χ1v) is 12.3. The van der Waals surface area contributed by atoms with Crippen LogP contribution in [-0.2, 0) is 14.3 Å². The number of hydrogen-bond acceptors (Lipinski definition) is 7. The van der Waals surface area contributed by atoms with Crippen molar-refractivity contribution in [2.45, 2.75) is 84.2 Å². The van der Waals surface area contributed by atoms with E-state index in [9.17, 15) is 19.5 Å². The van der Waals surface area contributed by atoms with Crippen molar-refractivity contribution in [3.05, 3.63) is 12.2 Å². The van der Waals surface area contributed by atoms with Crippen LogP contribution in [0, 0.1) is 34.5 Å². The van der Waals surface area contributed by atoms with E-state index < -0.39 is 35.7 Å². The molecule has 35 heavy (non-hydrogen) atoms. The number of aliphatic hydroxyl groups is 1. The van der Waals surface area contributed by atoms with Gasteiger partial charge in [-0.3, -0.25) is 14.9 Å². The number of likely N-dealkylation sites (tertiary alicyclic amines) is 1. The fourth-order valence-corrected chi connectivity index (χ4v) is 4.99. The Kier molecular flexibility index (Phi) is 10.1. The van der Waals surface area contributed by atoms with Crippen LogP contribution in [0.2, 0.25) is 0 Å². The van der Waals surface area contributed by atoms with Crippen LogP contribution in [0.1, 0.15) is 59.8 Å².